The third-order valence-electron chi connectivity index (χ3n) is 3.26. The summed E-state index contributed by atoms with van der Waals surface area (Å²) >= 11 is 3.40. The topological polar surface area (TPSA) is 54.3 Å². The lowest BCUT2D eigenvalue weighted by molar-refractivity contribution is -0.121. The molecule has 0 bridgehead atoms. The van der Waals surface area contributed by atoms with Gasteiger partial charge in [-0.05, 0) is 42.5 Å². The average molecular weight is 346 g/mol. The highest BCUT2D eigenvalue weighted by Gasteiger charge is 2.30. The van der Waals surface area contributed by atoms with Crippen LogP contribution >= 0.6 is 15.9 Å². The van der Waals surface area contributed by atoms with Gasteiger partial charge in [-0.1, -0.05) is 15.9 Å². The van der Waals surface area contributed by atoms with Crippen LogP contribution in [-0.4, -0.2) is 28.5 Å². The van der Waals surface area contributed by atoms with Crippen LogP contribution in [0.2, 0.25) is 0 Å². The first kappa shape index (κ1) is 13.6. The molecule has 3 amide bonds. The van der Waals surface area contributed by atoms with E-state index in [-0.39, 0.29) is 11.6 Å². The summed E-state index contributed by atoms with van der Waals surface area (Å²) in [6.07, 6.45) is 3.58. The monoisotopic (exact) mass is 345 g/mol. The molecule has 1 fully saturated rings. The maximum Gasteiger partial charge on any atom is 0.328 e. The van der Waals surface area contributed by atoms with Crippen molar-refractivity contribution in [2.45, 2.75) is 0 Å². The van der Waals surface area contributed by atoms with Gasteiger partial charge in [0.15, 0.2) is 0 Å². The molecule has 6 heteroatoms. The van der Waals surface area contributed by atoms with Crippen molar-refractivity contribution in [2.24, 2.45) is 0 Å². The number of halogens is 1. The molecule has 0 unspecified atom stereocenters. The number of urea groups is 1. The van der Waals surface area contributed by atoms with Gasteiger partial charge in [0.1, 0.15) is 5.70 Å². The van der Waals surface area contributed by atoms with Crippen molar-refractivity contribution in [1.29, 1.82) is 0 Å². The predicted octanol–water partition coefficient (Wildman–Crippen LogP) is 2.76. The lowest BCUT2D eigenvalue weighted by Gasteiger charge is -2.07. The lowest BCUT2D eigenvalue weighted by Crippen LogP contribution is -2.25. The molecule has 1 aromatic heterocycles. The Labute approximate surface area is 130 Å². The van der Waals surface area contributed by atoms with Crippen molar-refractivity contribution in [2.75, 3.05) is 7.05 Å². The highest BCUT2D eigenvalue weighted by atomic mass is 79.9. The van der Waals surface area contributed by atoms with E-state index in [4.69, 9.17) is 0 Å². The van der Waals surface area contributed by atoms with Crippen molar-refractivity contribution in [1.82, 2.24) is 14.8 Å². The first-order valence-corrected chi connectivity index (χ1v) is 7.09. The Bertz CT molecular complexity index is 747. The Morgan fingerprint density at radius 2 is 1.86 bits per heavy atom. The van der Waals surface area contributed by atoms with Gasteiger partial charge in [0.05, 0.1) is 0 Å². The van der Waals surface area contributed by atoms with E-state index in [0.29, 0.717) is 0 Å². The van der Waals surface area contributed by atoms with Crippen LogP contribution in [0.4, 0.5) is 4.79 Å². The standard InChI is InChI=1S/C15H12BrN3O2/c1-18-14(20)13(17-15(18)21)9-12-3-2-8-19(12)11-6-4-10(16)5-7-11/h2-9H,1H3,(H,17,21)/b13-9+. The zero-order valence-corrected chi connectivity index (χ0v) is 12.8. The van der Waals surface area contributed by atoms with Crippen LogP contribution in [0.3, 0.4) is 0 Å². The number of nitrogens with zero attached hydrogens (tertiary/aromatic N) is 2. The van der Waals surface area contributed by atoms with Crippen molar-refractivity contribution in [3.63, 3.8) is 0 Å². The summed E-state index contributed by atoms with van der Waals surface area (Å²) in [5, 5.41) is 2.56. The van der Waals surface area contributed by atoms with Gasteiger partial charge in [0, 0.05) is 29.1 Å². The van der Waals surface area contributed by atoms with Crippen LogP contribution in [0, 0.1) is 0 Å². The molecular formula is C15H12BrN3O2. The largest absolute Gasteiger partial charge is 0.328 e. The SMILES string of the molecule is CN1C(=O)N/C(=C/c2cccn2-c2ccc(Br)cc2)C1=O. The molecule has 106 valence electrons. The number of hydrogen-bond acceptors (Lipinski definition) is 2. The number of hydrogen-bond donors (Lipinski definition) is 1. The van der Waals surface area contributed by atoms with Gasteiger partial charge in [-0.2, -0.15) is 0 Å². The molecule has 0 saturated carbocycles. The summed E-state index contributed by atoms with van der Waals surface area (Å²) in [6, 6.07) is 11.2. The first-order valence-electron chi connectivity index (χ1n) is 6.30. The quantitative estimate of drug-likeness (QED) is 0.672. The van der Waals surface area contributed by atoms with Crippen molar-refractivity contribution in [3.8, 4) is 5.69 Å². The van der Waals surface area contributed by atoms with Gasteiger partial charge in [-0.15, -0.1) is 0 Å². The third-order valence-corrected chi connectivity index (χ3v) is 3.79. The normalized spacial score (nSPS) is 16.7. The minimum absolute atomic E-state index is 0.277. The number of aromatic nitrogens is 1. The van der Waals surface area contributed by atoms with Crippen LogP contribution in [-0.2, 0) is 4.79 Å². The first-order chi connectivity index (χ1) is 10.1. The summed E-state index contributed by atoms with van der Waals surface area (Å²) in [4.78, 5) is 24.4. The van der Waals surface area contributed by atoms with Gasteiger partial charge >= 0.3 is 6.03 Å². The summed E-state index contributed by atoms with van der Waals surface area (Å²) in [5.74, 6) is -0.330. The molecule has 1 aliphatic rings. The van der Waals surface area contributed by atoms with Gasteiger partial charge in [-0.3, -0.25) is 9.69 Å². The molecule has 0 aliphatic carbocycles. The van der Waals surface area contributed by atoms with Crippen molar-refractivity contribution < 1.29 is 9.59 Å². The summed E-state index contributed by atoms with van der Waals surface area (Å²) in [5.41, 5.74) is 2.07. The number of nitrogens with one attached hydrogen (secondary N) is 1. The number of rotatable bonds is 2. The smallest absolute Gasteiger partial charge is 0.317 e. The van der Waals surface area contributed by atoms with Crippen molar-refractivity contribution in [3.05, 3.63) is 58.5 Å². The van der Waals surface area contributed by atoms with Crippen LogP contribution in [0.15, 0.2) is 52.8 Å². The average Bonchev–Trinajstić information content (AvgIpc) is 3.02. The zero-order chi connectivity index (χ0) is 15.0. The number of likely N-dealkylation sites (N-methyl/N-ethyl adjacent to an activating group) is 1. The fourth-order valence-corrected chi connectivity index (χ4v) is 2.38. The zero-order valence-electron chi connectivity index (χ0n) is 11.2. The highest BCUT2D eigenvalue weighted by molar-refractivity contribution is 9.10. The Morgan fingerprint density at radius 1 is 1.14 bits per heavy atom. The minimum atomic E-state index is -0.409. The maximum atomic E-state index is 11.9. The van der Waals surface area contributed by atoms with Crippen LogP contribution in [0.1, 0.15) is 5.69 Å². The minimum Gasteiger partial charge on any atom is -0.317 e. The van der Waals surface area contributed by atoms with Crippen LogP contribution < -0.4 is 5.32 Å². The second kappa shape index (κ2) is 5.21. The van der Waals surface area contributed by atoms with Gasteiger partial charge in [0.2, 0.25) is 0 Å². The predicted molar refractivity (Wildman–Crippen MR) is 82.7 cm³/mol. The van der Waals surface area contributed by atoms with Gasteiger partial charge in [0.25, 0.3) is 5.91 Å². The summed E-state index contributed by atoms with van der Waals surface area (Å²) in [7, 11) is 1.45. The second-order valence-corrected chi connectivity index (χ2v) is 5.55. The molecule has 0 atom stereocenters. The second-order valence-electron chi connectivity index (χ2n) is 4.63. The number of carbonyl (C=O) groups is 2. The molecule has 1 aromatic carbocycles. The van der Waals surface area contributed by atoms with Crippen LogP contribution in [0.25, 0.3) is 11.8 Å². The molecular weight excluding hydrogens is 334 g/mol. The molecule has 1 N–H and O–H groups in total. The van der Waals surface area contributed by atoms with E-state index in [2.05, 4.69) is 21.2 Å². The van der Waals surface area contributed by atoms with E-state index in [0.717, 1.165) is 20.8 Å². The third kappa shape index (κ3) is 2.50. The lowest BCUT2D eigenvalue weighted by atomic mass is 10.3. The molecule has 2 aromatic rings. The fourth-order valence-electron chi connectivity index (χ4n) is 2.12. The van der Waals surface area contributed by atoms with E-state index >= 15 is 0 Å². The number of amides is 3. The van der Waals surface area contributed by atoms with E-state index in [1.807, 2.05) is 47.2 Å². The van der Waals surface area contributed by atoms with Gasteiger partial charge < -0.3 is 9.88 Å². The Morgan fingerprint density at radius 3 is 2.48 bits per heavy atom. The molecule has 0 radical (unpaired) electrons. The molecule has 1 aliphatic heterocycles. The summed E-state index contributed by atoms with van der Waals surface area (Å²) < 4.78 is 2.94. The molecule has 21 heavy (non-hydrogen) atoms. The molecule has 0 spiro atoms. The summed E-state index contributed by atoms with van der Waals surface area (Å²) in [6.45, 7) is 0. The van der Waals surface area contributed by atoms with Crippen molar-refractivity contribution >= 4 is 33.9 Å². The van der Waals surface area contributed by atoms with Crippen LogP contribution in [0.5, 0.6) is 0 Å². The molecule has 5 nitrogen and oxygen atoms in total. The highest BCUT2D eigenvalue weighted by Crippen LogP contribution is 2.19. The van der Waals surface area contributed by atoms with E-state index in [1.165, 1.54) is 7.05 Å². The Kier molecular flexibility index (Phi) is 3.39. The fraction of sp³-hybridized carbons (Fsp3) is 0.0667. The van der Waals surface area contributed by atoms with E-state index in [9.17, 15) is 9.59 Å². The maximum absolute atomic E-state index is 11.9. The molecule has 1 saturated heterocycles. The molecule has 2 heterocycles. The number of carbonyl (C=O) groups excluding carboxylic acids is 2. The van der Waals surface area contributed by atoms with Gasteiger partial charge in [-0.25, -0.2) is 4.79 Å². The van der Waals surface area contributed by atoms with E-state index < -0.39 is 6.03 Å². The number of imide groups is 1. The Hall–Kier alpha value is -2.34. The Balaban J connectivity index is 1.99. The number of benzene rings is 1. The van der Waals surface area contributed by atoms with E-state index in [1.54, 1.807) is 6.08 Å². The molecule has 3 rings (SSSR count).